The molecule has 0 aromatic heterocycles. The van der Waals surface area contributed by atoms with Gasteiger partial charge in [-0.05, 0) is 32.3 Å². The molecule has 1 aromatic carbocycles. The summed E-state index contributed by atoms with van der Waals surface area (Å²) in [6.45, 7) is 7.57. The molecule has 0 aliphatic carbocycles. The molecule has 35 heavy (non-hydrogen) atoms. The Balaban J connectivity index is 2.12. The van der Waals surface area contributed by atoms with Gasteiger partial charge in [0.15, 0.2) is 5.78 Å². The normalized spacial score (nSPS) is 22.2. The number of hydrazine groups is 1. The van der Waals surface area contributed by atoms with Crippen LogP contribution in [0.15, 0.2) is 30.3 Å². The maximum Gasteiger partial charge on any atom is 0.431 e. The molecular weight excluding hydrogens is 450 g/mol. The van der Waals surface area contributed by atoms with Gasteiger partial charge in [0.2, 0.25) is 5.91 Å². The summed E-state index contributed by atoms with van der Waals surface area (Å²) < 4.78 is 10.5. The summed E-state index contributed by atoms with van der Waals surface area (Å²) in [5.41, 5.74) is 0.727. The molecule has 0 saturated carbocycles. The standard InChI is InChI=1S/C26H37N3O6/c1-5-9-11-14-18(6-2)24(31)27-21-17-20(30)23(22(27)19-15-12-10-13-16-19)29(26(33)35-8-4)28(21)25(32)34-7-3/h10,12-13,15-16,18,21-23H,5-9,11,14,17H2,1-4H3/t18?,21-,22+,23+/m0/s1. The van der Waals surface area contributed by atoms with Gasteiger partial charge in [-0.3, -0.25) is 9.59 Å². The predicted octanol–water partition coefficient (Wildman–Crippen LogP) is 4.68. The molecule has 9 heteroatoms. The number of fused-ring (bicyclic) bond motifs is 3. The van der Waals surface area contributed by atoms with Gasteiger partial charge in [-0.1, -0.05) is 63.4 Å². The lowest BCUT2D eigenvalue weighted by Crippen LogP contribution is -2.77. The first-order chi connectivity index (χ1) is 16.9. The molecule has 3 saturated heterocycles. The summed E-state index contributed by atoms with van der Waals surface area (Å²) in [7, 11) is 0. The predicted molar refractivity (Wildman–Crippen MR) is 129 cm³/mol. The highest BCUT2D eigenvalue weighted by atomic mass is 16.6. The van der Waals surface area contributed by atoms with Crippen molar-refractivity contribution >= 4 is 23.9 Å². The topological polar surface area (TPSA) is 96.5 Å². The van der Waals surface area contributed by atoms with Crippen molar-refractivity contribution in [3.8, 4) is 0 Å². The third kappa shape index (κ3) is 5.28. The number of piperidine rings is 1. The highest BCUT2D eigenvalue weighted by molar-refractivity contribution is 5.95. The van der Waals surface area contributed by atoms with E-state index in [1.807, 2.05) is 37.3 Å². The van der Waals surface area contributed by atoms with Crippen LogP contribution in [0.2, 0.25) is 0 Å². The van der Waals surface area contributed by atoms with Crippen molar-refractivity contribution in [2.24, 2.45) is 5.92 Å². The van der Waals surface area contributed by atoms with Crippen LogP contribution in [0.3, 0.4) is 0 Å². The zero-order valence-corrected chi connectivity index (χ0v) is 21.1. The van der Waals surface area contributed by atoms with Gasteiger partial charge in [0.1, 0.15) is 12.2 Å². The number of nitrogens with zero attached hydrogens (tertiary/aromatic N) is 3. The van der Waals surface area contributed by atoms with Crippen LogP contribution in [0.4, 0.5) is 9.59 Å². The lowest BCUT2D eigenvalue weighted by atomic mass is 9.83. The highest BCUT2D eigenvalue weighted by Crippen LogP contribution is 2.45. The fraction of sp³-hybridized carbons (Fsp3) is 0.615. The van der Waals surface area contributed by atoms with Crippen molar-refractivity contribution in [1.82, 2.24) is 14.9 Å². The van der Waals surface area contributed by atoms with Gasteiger partial charge < -0.3 is 14.4 Å². The van der Waals surface area contributed by atoms with Crippen LogP contribution in [0.25, 0.3) is 0 Å². The van der Waals surface area contributed by atoms with Crippen molar-refractivity contribution in [3.05, 3.63) is 35.9 Å². The van der Waals surface area contributed by atoms with Crippen LogP contribution in [-0.2, 0) is 19.1 Å². The van der Waals surface area contributed by atoms with E-state index >= 15 is 0 Å². The monoisotopic (exact) mass is 487 g/mol. The zero-order valence-electron chi connectivity index (χ0n) is 21.1. The Bertz CT molecular complexity index is 908. The number of hydrogen-bond acceptors (Lipinski definition) is 6. The Morgan fingerprint density at radius 3 is 2.11 bits per heavy atom. The molecule has 4 atom stereocenters. The lowest BCUT2D eigenvalue weighted by molar-refractivity contribution is -0.208. The first kappa shape index (κ1) is 26.5. The molecule has 1 unspecified atom stereocenters. The summed E-state index contributed by atoms with van der Waals surface area (Å²) in [6, 6.07) is 7.38. The van der Waals surface area contributed by atoms with E-state index in [2.05, 4.69) is 6.92 Å². The Kier molecular flexibility index (Phi) is 9.12. The van der Waals surface area contributed by atoms with Gasteiger partial charge in [-0.15, -0.1) is 0 Å². The van der Waals surface area contributed by atoms with E-state index in [-0.39, 0.29) is 37.2 Å². The fourth-order valence-corrected chi connectivity index (χ4v) is 5.09. The average molecular weight is 488 g/mol. The Hall–Kier alpha value is -3.10. The molecule has 3 aliphatic heterocycles. The SMILES string of the molecule is CCCCCC(CC)C(=O)N1[C@H](c2ccccc2)[C@H]2C(=O)C[C@@H]1N(C(=O)OCC)N2C(=O)OCC. The van der Waals surface area contributed by atoms with Crippen molar-refractivity contribution in [2.75, 3.05) is 13.2 Å². The molecule has 2 bridgehead atoms. The number of rotatable bonds is 9. The number of carbonyl (C=O) groups is 4. The van der Waals surface area contributed by atoms with Crippen molar-refractivity contribution < 1.29 is 28.7 Å². The zero-order chi connectivity index (χ0) is 25.5. The van der Waals surface area contributed by atoms with Crippen molar-refractivity contribution in [1.29, 1.82) is 0 Å². The number of benzene rings is 1. The first-order valence-electron chi connectivity index (χ1n) is 12.7. The maximum absolute atomic E-state index is 14.0. The Morgan fingerprint density at radius 2 is 1.54 bits per heavy atom. The third-order valence-electron chi connectivity index (χ3n) is 6.71. The number of hydrogen-bond donors (Lipinski definition) is 0. The van der Waals surface area contributed by atoms with E-state index in [0.717, 1.165) is 41.3 Å². The minimum absolute atomic E-state index is 0.0696. The highest BCUT2D eigenvalue weighted by Gasteiger charge is 2.61. The largest absolute Gasteiger partial charge is 0.448 e. The first-order valence-corrected chi connectivity index (χ1v) is 12.7. The smallest absolute Gasteiger partial charge is 0.431 e. The second-order valence-electron chi connectivity index (χ2n) is 8.88. The quantitative estimate of drug-likeness (QED) is 0.470. The third-order valence-corrected chi connectivity index (χ3v) is 6.71. The molecular formula is C26H37N3O6. The fourth-order valence-electron chi connectivity index (χ4n) is 5.09. The van der Waals surface area contributed by atoms with Crippen molar-refractivity contribution in [3.63, 3.8) is 0 Å². The van der Waals surface area contributed by atoms with Crippen LogP contribution in [0.5, 0.6) is 0 Å². The van der Waals surface area contributed by atoms with Crippen LogP contribution in [-0.4, -0.2) is 64.2 Å². The van der Waals surface area contributed by atoms with E-state index in [4.69, 9.17) is 9.47 Å². The van der Waals surface area contributed by atoms with Gasteiger partial charge in [0.05, 0.1) is 19.3 Å². The lowest BCUT2D eigenvalue weighted by Gasteiger charge is -2.59. The van der Waals surface area contributed by atoms with Gasteiger partial charge in [-0.25, -0.2) is 9.59 Å². The molecule has 192 valence electrons. The van der Waals surface area contributed by atoms with Gasteiger partial charge in [-0.2, -0.15) is 10.0 Å². The summed E-state index contributed by atoms with van der Waals surface area (Å²) >= 11 is 0. The Labute approximate surface area is 207 Å². The second-order valence-corrected chi connectivity index (χ2v) is 8.88. The van der Waals surface area contributed by atoms with Crippen LogP contribution in [0, 0.1) is 5.92 Å². The van der Waals surface area contributed by atoms with Gasteiger partial charge in [0, 0.05) is 12.3 Å². The van der Waals surface area contributed by atoms with Gasteiger partial charge >= 0.3 is 12.2 Å². The van der Waals surface area contributed by atoms with E-state index < -0.39 is 30.4 Å². The molecule has 3 heterocycles. The second kappa shape index (κ2) is 12.0. The molecule has 0 N–H and O–H groups in total. The number of ketones is 1. The van der Waals surface area contributed by atoms with E-state index in [1.54, 1.807) is 18.7 Å². The van der Waals surface area contributed by atoms with E-state index in [0.29, 0.717) is 6.42 Å². The molecule has 3 aliphatic rings. The molecule has 3 fully saturated rings. The minimum atomic E-state index is -1.09. The summed E-state index contributed by atoms with van der Waals surface area (Å²) in [5.74, 6) is -0.583. The molecule has 4 rings (SSSR count). The summed E-state index contributed by atoms with van der Waals surface area (Å²) in [6.07, 6.45) is 1.73. The van der Waals surface area contributed by atoms with Gasteiger partial charge in [0.25, 0.3) is 0 Å². The summed E-state index contributed by atoms with van der Waals surface area (Å²) in [4.78, 5) is 55.2. The molecule has 9 nitrogen and oxygen atoms in total. The van der Waals surface area contributed by atoms with Crippen LogP contribution in [0.1, 0.15) is 77.8 Å². The number of unbranched alkanes of at least 4 members (excludes halogenated alkanes) is 2. The Morgan fingerprint density at radius 1 is 0.914 bits per heavy atom. The minimum Gasteiger partial charge on any atom is -0.448 e. The number of ether oxygens (including phenoxy) is 2. The van der Waals surface area contributed by atoms with E-state index in [9.17, 15) is 19.2 Å². The summed E-state index contributed by atoms with van der Waals surface area (Å²) in [5, 5.41) is 2.18. The number of amides is 3. The van der Waals surface area contributed by atoms with Crippen LogP contribution >= 0.6 is 0 Å². The maximum atomic E-state index is 14.0. The average Bonchev–Trinajstić information content (AvgIpc) is 2.86. The van der Waals surface area contributed by atoms with Crippen molar-refractivity contribution in [2.45, 2.75) is 84.5 Å². The van der Waals surface area contributed by atoms with E-state index in [1.165, 1.54) is 0 Å². The molecule has 1 aromatic rings. The molecule has 0 radical (unpaired) electrons. The van der Waals surface area contributed by atoms with Crippen LogP contribution < -0.4 is 0 Å². The number of carbonyl (C=O) groups excluding carboxylic acids is 4. The molecule has 3 amide bonds. The molecule has 0 spiro atoms. The number of Topliss-reactive ketones (excluding diaryl/α,β-unsaturated/α-hetero) is 1.